The molecule has 10 heteroatoms. The third kappa shape index (κ3) is 4.16. The molecule has 0 aromatic heterocycles. The van der Waals surface area contributed by atoms with E-state index in [2.05, 4.69) is 0 Å². The van der Waals surface area contributed by atoms with Gasteiger partial charge in [0.15, 0.2) is 12.5 Å². The first-order valence-electron chi connectivity index (χ1n) is 9.35. The fourth-order valence-electron chi connectivity index (χ4n) is 3.41. The van der Waals surface area contributed by atoms with E-state index in [-0.39, 0.29) is 22.9 Å². The van der Waals surface area contributed by atoms with Crippen LogP contribution in [0.25, 0.3) is 0 Å². The molecule has 2 aromatic carbocycles. The lowest BCUT2D eigenvalue weighted by atomic mass is 10.2. The van der Waals surface area contributed by atoms with Crippen LogP contribution in [0.4, 0.5) is 0 Å². The molecule has 164 valence electrons. The second kappa shape index (κ2) is 8.74. The molecule has 1 heterocycles. The molecule has 0 unspecified atom stereocenters. The number of nitrogens with zero attached hydrogens (tertiary/aromatic N) is 2. The van der Waals surface area contributed by atoms with Crippen LogP contribution in [0.2, 0.25) is 0 Å². The van der Waals surface area contributed by atoms with Gasteiger partial charge < -0.3 is 9.47 Å². The zero-order valence-electron chi connectivity index (χ0n) is 17.3. The van der Waals surface area contributed by atoms with Crippen LogP contribution in [0.15, 0.2) is 58.3 Å². The van der Waals surface area contributed by atoms with E-state index >= 15 is 0 Å². The smallest absolute Gasteiger partial charge is 0.245 e. The summed E-state index contributed by atoms with van der Waals surface area (Å²) in [5.74, 6) is 0. The Balaban J connectivity index is 1.97. The Bertz CT molecular complexity index is 994. The van der Waals surface area contributed by atoms with Gasteiger partial charge in [-0.25, -0.2) is 16.8 Å². The third-order valence-corrected chi connectivity index (χ3v) is 8.84. The van der Waals surface area contributed by atoms with E-state index in [0.29, 0.717) is 0 Å². The van der Waals surface area contributed by atoms with Crippen molar-refractivity contribution in [2.45, 2.75) is 36.1 Å². The molecule has 0 bridgehead atoms. The van der Waals surface area contributed by atoms with Crippen LogP contribution in [0, 0.1) is 13.8 Å². The molecule has 1 fully saturated rings. The maximum atomic E-state index is 13.2. The first-order chi connectivity index (χ1) is 14.1. The number of sulfonamides is 2. The molecule has 2 atom stereocenters. The predicted molar refractivity (Wildman–Crippen MR) is 112 cm³/mol. The molecule has 3 rings (SSSR count). The minimum Gasteiger partial charge on any atom is -0.361 e. The van der Waals surface area contributed by atoms with Crippen molar-refractivity contribution in [2.75, 3.05) is 27.3 Å². The zero-order valence-corrected chi connectivity index (χ0v) is 19.0. The molecule has 30 heavy (non-hydrogen) atoms. The summed E-state index contributed by atoms with van der Waals surface area (Å²) in [6.45, 7) is 3.59. The van der Waals surface area contributed by atoms with Crippen molar-refractivity contribution in [3.05, 3.63) is 59.7 Å². The number of hydrogen-bond donors (Lipinski definition) is 0. The molecule has 2 aromatic rings. The molecule has 1 aliphatic heterocycles. The normalized spacial score (nSPS) is 21.6. The van der Waals surface area contributed by atoms with Crippen LogP contribution in [0.5, 0.6) is 0 Å². The van der Waals surface area contributed by atoms with Crippen molar-refractivity contribution in [1.82, 2.24) is 8.61 Å². The van der Waals surface area contributed by atoms with Gasteiger partial charge in [0.05, 0.1) is 9.79 Å². The third-order valence-electron chi connectivity index (χ3n) is 5.09. The summed E-state index contributed by atoms with van der Waals surface area (Å²) in [6, 6.07) is 12.9. The monoisotopic (exact) mass is 454 g/mol. The van der Waals surface area contributed by atoms with Crippen molar-refractivity contribution in [3.63, 3.8) is 0 Å². The van der Waals surface area contributed by atoms with Crippen molar-refractivity contribution in [2.24, 2.45) is 0 Å². The standard InChI is InChI=1S/C20H26N2O6S2/c1-15-5-9-17(10-6-15)29(23,24)21-13-14-22(20(28-4)19(21)27-3)30(25,26)18-11-7-16(2)8-12-18/h5-12,19-20H,13-14H2,1-4H3/t19-,20-/m1/s1. The van der Waals surface area contributed by atoms with Gasteiger partial charge in [-0.05, 0) is 38.1 Å². The highest BCUT2D eigenvalue weighted by Gasteiger charge is 2.47. The second-order valence-corrected chi connectivity index (χ2v) is 10.9. The molecular weight excluding hydrogens is 428 g/mol. The molecule has 0 radical (unpaired) electrons. The van der Waals surface area contributed by atoms with E-state index in [1.807, 2.05) is 13.8 Å². The van der Waals surface area contributed by atoms with Crippen LogP contribution in [-0.2, 0) is 29.5 Å². The first kappa shape index (κ1) is 22.9. The SMILES string of the molecule is CO[C@@H]1[C@@H](OC)N(S(=O)(=O)c2ccc(C)cc2)CCN1S(=O)(=O)c1ccc(C)cc1. The van der Waals surface area contributed by atoms with E-state index in [1.54, 1.807) is 24.3 Å². The summed E-state index contributed by atoms with van der Waals surface area (Å²) in [7, 11) is -5.17. The van der Waals surface area contributed by atoms with E-state index < -0.39 is 32.5 Å². The van der Waals surface area contributed by atoms with Crippen LogP contribution < -0.4 is 0 Å². The van der Waals surface area contributed by atoms with Crippen LogP contribution in [0.3, 0.4) is 0 Å². The molecule has 1 aliphatic rings. The average molecular weight is 455 g/mol. The number of rotatable bonds is 6. The van der Waals surface area contributed by atoms with Gasteiger partial charge >= 0.3 is 0 Å². The Morgan fingerprint density at radius 2 is 0.967 bits per heavy atom. The van der Waals surface area contributed by atoms with Gasteiger partial charge in [-0.2, -0.15) is 8.61 Å². The molecule has 0 spiro atoms. The van der Waals surface area contributed by atoms with Crippen LogP contribution in [-0.4, -0.2) is 65.2 Å². The lowest BCUT2D eigenvalue weighted by Crippen LogP contribution is -2.63. The number of methoxy groups -OCH3 is 2. The topological polar surface area (TPSA) is 93.2 Å². The molecule has 0 N–H and O–H groups in total. The van der Waals surface area contributed by atoms with Gasteiger partial charge in [-0.3, -0.25) is 0 Å². The predicted octanol–water partition coefficient (Wildman–Crippen LogP) is 1.94. The van der Waals surface area contributed by atoms with Crippen molar-refractivity contribution >= 4 is 20.0 Å². The first-order valence-corrected chi connectivity index (χ1v) is 12.2. The number of hydrogen-bond acceptors (Lipinski definition) is 6. The van der Waals surface area contributed by atoms with E-state index in [0.717, 1.165) is 19.7 Å². The minimum atomic E-state index is -3.92. The fraction of sp³-hybridized carbons (Fsp3) is 0.400. The Labute approximate surface area is 178 Å². The Morgan fingerprint density at radius 1 is 0.667 bits per heavy atom. The highest BCUT2D eigenvalue weighted by Crippen LogP contribution is 2.30. The van der Waals surface area contributed by atoms with Gasteiger partial charge in [0.25, 0.3) is 0 Å². The highest BCUT2D eigenvalue weighted by molar-refractivity contribution is 7.89. The molecule has 1 saturated heterocycles. The molecule has 0 amide bonds. The van der Waals surface area contributed by atoms with E-state index in [4.69, 9.17) is 9.47 Å². The minimum absolute atomic E-state index is 0.0698. The van der Waals surface area contributed by atoms with E-state index in [9.17, 15) is 16.8 Å². The summed E-state index contributed by atoms with van der Waals surface area (Å²) < 4.78 is 66.0. The summed E-state index contributed by atoms with van der Waals surface area (Å²) in [6.07, 6.45) is -2.29. The summed E-state index contributed by atoms with van der Waals surface area (Å²) in [5.41, 5.74) is 1.86. The Kier molecular flexibility index (Phi) is 6.66. The van der Waals surface area contributed by atoms with Crippen LogP contribution >= 0.6 is 0 Å². The number of aryl methyl sites for hydroxylation is 2. The number of ether oxygens (including phenoxy) is 2. The Hall–Kier alpha value is -1.82. The van der Waals surface area contributed by atoms with Gasteiger partial charge in [0.1, 0.15) is 0 Å². The summed E-state index contributed by atoms with van der Waals surface area (Å²) >= 11 is 0. The number of benzene rings is 2. The van der Waals surface area contributed by atoms with Gasteiger partial charge in [-0.1, -0.05) is 35.4 Å². The molecule has 0 saturated carbocycles. The molecule has 0 aliphatic carbocycles. The van der Waals surface area contributed by atoms with E-state index in [1.165, 1.54) is 38.5 Å². The second-order valence-electron chi connectivity index (χ2n) is 7.11. The molecular formula is C20H26N2O6S2. The largest absolute Gasteiger partial charge is 0.361 e. The summed E-state index contributed by atoms with van der Waals surface area (Å²) in [5, 5.41) is 0. The average Bonchev–Trinajstić information content (AvgIpc) is 2.73. The maximum Gasteiger partial charge on any atom is 0.245 e. The van der Waals surface area contributed by atoms with Crippen LogP contribution in [0.1, 0.15) is 11.1 Å². The van der Waals surface area contributed by atoms with Crippen molar-refractivity contribution in [3.8, 4) is 0 Å². The zero-order chi connectivity index (χ0) is 22.1. The number of piperazine rings is 1. The van der Waals surface area contributed by atoms with Gasteiger partial charge in [0.2, 0.25) is 20.0 Å². The summed E-state index contributed by atoms with van der Waals surface area (Å²) in [4.78, 5) is 0.222. The fourth-order valence-corrected chi connectivity index (χ4v) is 6.48. The van der Waals surface area contributed by atoms with Crippen molar-refractivity contribution < 1.29 is 26.3 Å². The Morgan fingerprint density at radius 3 is 1.23 bits per heavy atom. The van der Waals surface area contributed by atoms with Gasteiger partial charge in [-0.15, -0.1) is 0 Å². The van der Waals surface area contributed by atoms with Crippen molar-refractivity contribution in [1.29, 1.82) is 0 Å². The molecule has 8 nitrogen and oxygen atoms in total. The lowest BCUT2D eigenvalue weighted by Gasteiger charge is -2.43. The highest BCUT2D eigenvalue weighted by atomic mass is 32.2. The quantitative estimate of drug-likeness (QED) is 0.662. The maximum absolute atomic E-state index is 13.2. The van der Waals surface area contributed by atoms with Gasteiger partial charge in [0, 0.05) is 27.3 Å². The lowest BCUT2D eigenvalue weighted by molar-refractivity contribution is -0.153.